The van der Waals surface area contributed by atoms with E-state index in [0.29, 0.717) is 6.54 Å². The van der Waals surface area contributed by atoms with Gasteiger partial charge in [-0.1, -0.05) is 12.8 Å². The molecule has 0 radical (unpaired) electrons. The number of nitrogen functional groups attached to an aromatic ring is 1. The van der Waals surface area contributed by atoms with Gasteiger partial charge in [0.15, 0.2) is 0 Å². The highest BCUT2D eigenvalue weighted by Gasteiger charge is 2.23. The van der Waals surface area contributed by atoms with Gasteiger partial charge in [0, 0.05) is 18.0 Å². The molecule has 0 aromatic heterocycles. The topological polar surface area (TPSA) is 75.4 Å². The van der Waals surface area contributed by atoms with Crippen LogP contribution in [0.2, 0.25) is 0 Å². The van der Waals surface area contributed by atoms with Crippen molar-refractivity contribution in [1.29, 1.82) is 0 Å². The lowest BCUT2D eigenvalue weighted by molar-refractivity contribution is 0.0663. The Morgan fingerprint density at radius 1 is 1.42 bits per heavy atom. The number of rotatable bonds is 3. The van der Waals surface area contributed by atoms with Gasteiger partial charge in [-0.3, -0.25) is 4.79 Å². The van der Waals surface area contributed by atoms with E-state index in [1.165, 1.54) is 12.1 Å². The number of aliphatic hydroxyl groups is 1. The first-order chi connectivity index (χ1) is 9.08. The summed E-state index contributed by atoms with van der Waals surface area (Å²) < 4.78 is 13.3. The van der Waals surface area contributed by atoms with Crippen molar-refractivity contribution in [3.05, 3.63) is 29.6 Å². The van der Waals surface area contributed by atoms with Crippen molar-refractivity contribution >= 4 is 11.6 Å². The van der Waals surface area contributed by atoms with Gasteiger partial charge < -0.3 is 16.2 Å². The Hall–Kier alpha value is -1.62. The molecule has 4 N–H and O–H groups in total. The number of carbonyl (C=O) groups is 1. The van der Waals surface area contributed by atoms with Gasteiger partial charge in [-0.25, -0.2) is 4.39 Å². The van der Waals surface area contributed by atoms with Gasteiger partial charge in [0.05, 0.1) is 11.8 Å². The summed E-state index contributed by atoms with van der Waals surface area (Å²) in [6.07, 6.45) is 3.47. The maximum absolute atomic E-state index is 13.3. The first kappa shape index (κ1) is 13.8. The first-order valence-electron chi connectivity index (χ1n) is 6.59. The Kier molecular flexibility index (Phi) is 4.37. The molecule has 1 aromatic carbocycles. The van der Waals surface area contributed by atoms with Gasteiger partial charge >= 0.3 is 0 Å². The molecule has 104 valence electrons. The maximum Gasteiger partial charge on any atom is 0.251 e. The zero-order valence-electron chi connectivity index (χ0n) is 10.7. The number of nitrogens with one attached hydrogen (secondary N) is 1. The average Bonchev–Trinajstić information content (AvgIpc) is 2.40. The quantitative estimate of drug-likeness (QED) is 0.729. The fraction of sp³-hybridized carbons (Fsp3) is 0.500. The Bertz CT molecular complexity index is 465. The van der Waals surface area contributed by atoms with Crippen LogP contribution in [0.25, 0.3) is 0 Å². The number of amides is 1. The van der Waals surface area contributed by atoms with Crippen molar-refractivity contribution in [1.82, 2.24) is 5.32 Å². The smallest absolute Gasteiger partial charge is 0.251 e. The van der Waals surface area contributed by atoms with E-state index < -0.39 is 5.82 Å². The first-order valence-corrected chi connectivity index (χ1v) is 6.59. The monoisotopic (exact) mass is 266 g/mol. The van der Waals surface area contributed by atoms with Gasteiger partial charge in [0.25, 0.3) is 5.91 Å². The Labute approximate surface area is 111 Å². The second kappa shape index (κ2) is 6.02. The minimum Gasteiger partial charge on any atom is -0.396 e. The van der Waals surface area contributed by atoms with E-state index in [1.807, 2.05) is 0 Å². The van der Waals surface area contributed by atoms with Crippen LogP contribution in [-0.4, -0.2) is 23.7 Å². The molecule has 4 nitrogen and oxygen atoms in total. The zero-order chi connectivity index (χ0) is 13.8. The highest BCUT2D eigenvalue weighted by atomic mass is 19.1. The number of anilines is 1. The molecular weight excluding hydrogens is 247 g/mol. The SMILES string of the molecule is Nc1ccc(C(=O)NCC2CCCCC2O)cc1F. The number of aliphatic hydroxyl groups excluding tert-OH is 1. The highest BCUT2D eigenvalue weighted by molar-refractivity contribution is 5.94. The number of carbonyl (C=O) groups excluding carboxylic acids is 1. The molecule has 1 aromatic rings. The molecule has 1 saturated carbocycles. The summed E-state index contributed by atoms with van der Waals surface area (Å²) in [4.78, 5) is 11.9. The zero-order valence-corrected chi connectivity index (χ0v) is 10.7. The molecule has 1 amide bonds. The van der Waals surface area contributed by atoms with E-state index in [1.54, 1.807) is 0 Å². The van der Waals surface area contributed by atoms with E-state index in [4.69, 9.17) is 5.73 Å². The molecule has 0 spiro atoms. The third-order valence-corrected chi connectivity index (χ3v) is 3.66. The third-order valence-electron chi connectivity index (χ3n) is 3.66. The van der Waals surface area contributed by atoms with Crippen LogP contribution in [0.5, 0.6) is 0 Å². The molecule has 2 unspecified atom stereocenters. The minimum absolute atomic E-state index is 0.0271. The van der Waals surface area contributed by atoms with E-state index in [2.05, 4.69) is 5.32 Å². The third kappa shape index (κ3) is 3.44. The summed E-state index contributed by atoms with van der Waals surface area (Å²) in [6, 6.07) is 3.99. The molecule has 0 aliphatic heterocycles. The second-order valence-electron chi connectivity index (χ2n) is 5.06. The fourth-order valence-corrected chi connectivity index (χ4v) is 2.42. The number of hydrogen-bond acceptors (Lipinski definition) is 3. The van der Waals surface area contributed by atoms with Crippen molar-refractivity contribution in [2.24, 2.45) is 5.92 Å². The van der Waals surface area contributed by atoms with Crippen molar-refractivity contribution in [2.45, 2.75) is 31.8 Å². The van der Waals surface area contributed by atoms with Gasteiger partial charge in [0.1, 0.15) is 5.82 Å². The summed E-state index contributed by atoms with van der Waals surface area (Å²) in [5.74, 6) is -0.835. The number of benzene rings is 1. The Morgan fingerprint density at radius 2 is 2.16 bits per heavy atom. The van der Waals surface area contributed by atoms with Crippen LogP contribution in [0.1, 0.15) is 36.0 Å². The predicted octanol–water partition coefficient (Wildman–Crippen LogP) is 1.69. The molecule has 1 fully saturated rings. The number of halogens is 1. The van der Waals surface area contributed by atoms with Crippen molar-refractivity contribution < 1.29 is 14.3 Å². The van der Waals surface area contributed by atoms with E-state index in [0.717, 1.165) is 31.7 Å². The molecule has 0 bridgehead atoms. The maximum atomic E-state index is 13.3. The molecule has 1 aliphatic carbocycles. The molecule has 5 heteroatoms. The van der Waals surface area contributed by atoms with E-state index in [9.17, 15) is 14.3 Å². The van der Waals surface area contributed by atoms with Crippen LogP contribution in [0.4, 0.5) is 10.1 Å². The van der Waals surface area contributed by atoms with Crippen LogP contribution in [0.3, 0.4) is 0 Å². The Morgan fingerprint density at radius 3 is 2.84 bits per heavy atom. The summed E-state index contributed by atoms with van der Waals surface area (Å²) in [7, 11) is 0. The normalized spacial score (nSPS) is 23.1. The molecule has 2 rings (SSSR count). The fourth-order valence-electron chi connectivity index (χ4n) is 2.42. The molecule has 0 saturated heterocycles. The summed E-state index contributed by atoms with van der Waals surface area (Å²) in [6.45, 7) is 0.423. The van der Waals surface area contributed by atoms with Crippen LogP contribution < -0.4 is 11.1 Å². The van der Waals surface area contributed by atoms with Crippen molar-refractivity contribution in [3.8, 4) is 0 Å². The van der Waals surface area contributed by atoms with Crippen LogP contribution in [-0.2, 0) is 0 Å². The molecular formula is C14H19FN2O2. The summed E-state index contributed by atoms with van der Waals surface area (Å²) >= 11 is 0. The number of hydrogen-bond donors (Lipinski definition) is 3. The largest absolute Gasteiger partial charge is 0.396 e. The minimum atomic E-state index is -0.592. The second-order valence-corrected chi connectivity index (χ2v) is 5.06. The van der Waals surface area contributed by atoms with Crippen LogP contribution in [0.15, 0.2) is 18.2 Å². The lowest BCUT2D eigenvalue weighted by Crippen LogP contribution is -2.36. The van der Waals surface area contributed by atoms with Gasteiger partial charge in [-0.2, -0.15) is 0 Å². The molecule has 19 heavy (non-hydrogen) atoms. The van der Waals surface area contributed by atoms with E-state index in [-0.39, 0.29) is 29.2 Å². The van der Waals surface area contributed by atoms with Gasteiger partial charge in [-0.15, -0.1) is 0 Å². The van der Waals surface area contributed by atoms with Gasteiger partial charge in [-0.05, 0) is 31.0 Å². The van der Waals surface area contributed by atoms with Crippen LogP contribution >= 0.6 is 0 Å². The van der Waals surface area contributed by atoms with Crippen molar-refractivity contribution in [3.63, 3.8) is 0 Å². The van der Waals surface area contributed by atoms with Crippen LogP contribution in [0, 0.1) is 11.7 Å². The summed E-state index contributed by atoms with van der Waals surface area (Å²) in [5, 5.41) is 12.5. The van der Waals surface area contributed by atoms with Gasteiger partial charge in [0.2, 0.25) is 0 Å². The molecule has 2 atom stereocenters. The van der Waals surface area contributed by atoms with Crippen molar-refractivity contribution in [2.75, 3.05) is 12.3 Å². The standard InChI is InChI=1S/C14H19FN2O2/c15-11-7-9(5-6-12(11)16)14(19)17-8-10-3-1-2-4-13(10)18/h5-7,10,13,18H,1-4,8,16H2,(H,17,19). The predicted molar refractivity (Wildman–Crippen MR) is 71.1 cm³/mol. The number of nitrogens with two attached hydrogens (primary N) is 1. The molecule has 1 aliphatic rings. The molecule has 0 heterocycles. The lowest BCUT2D eigenvalue weighted by atomic mass is 9.86. The highest BCUT2D eigenvalue weighted by Crippen LogP contribution is 2.23. The average molecular weight is 266 g/mol. The Balaban J connectivity index is 1.91. The lowest BCUT2D eigenvalue weighted by Gasteiger charge is -2.27. The van der Waals surface area contributed by atoms with E-state index >= 15 is 0 Å². The summed E-state index contributed by atoms with van der Waals surface area (Å²) in [5.41, 5.74) is 5.63.